The predicted molar refractivity (Wildman–Crippen MR) is 71.2 cm³/mol. The van der Waals surface area contributed by atoms with Crippen molar-refractivity contribution in [2.75, 3.05) is 7.11 Å². The minimum absolute atomic E-state index is 0.0835. The van der Waals surface area contributed by atoms with Crippen LogP contribution in [0.3, 0.4) is 0 Å². The smallest absolute Gasteiger partial charge is 0.323 e. The Labute approximate surface area is 113 Å². The molecule has 1 fully saturated rings. The summed E-state index contributed by atoms with van der Waals surface area (Å²) < 4.78 is 18.4. The number of benzene rings is 1. The number of ether oxygens (including phenoxy) is 1. The monoisotopic (exact) mass is 265 g/mol. The van der Waals surface area contributed by atoms with Crippen molar-refractivity contribution in [1.82, 2.24) is 5.32 Å². The normalized spacial score (nSPS) is 17.9. The van der Waals surface area contributed by atoms with E-state index < -0.39 is 0 Å². The van der Waals surface area contributed by atoms with E-state index in [0.717, 1.165) is 18.4 Å². The van der Waals surface area contributed by atoms with Gasteiger partial charge in [-0.15, -0.1) is 0 Å². The lowest BCUT2D eigenvalue weighted by Gasteiger charge is -2.21. The van der Waals surface area contributed by atoms with Crippen LogP contribution in [0.4, 0.5) is 4.39 Å². The van der Waals surface area contributed by atoms with E-state index in [9.17, 15) is 9.18 Å². The molecular weight excluding hydrogens is 245 g/mol. The van der Waals surface area contributed by atoms with Gasteiger partial charge in [-0.1, -0.05) is 12.1 Å². The molecule has 19 heavy (non-hydrogen) atoms. The first-order chi connectivity index (χ1) is 9.02. The molecular formula is C15H20FNO2. The Morgan fingerprint density at radius 3 is 2.68 bits per heavy atom. The SMILES string of the molecule is COC(=O)C(NC(C)c1ccc(C)c(F)c1)C1CC1. The topological polar surface area (TPSA) is 38.3 Å². The summed E-state index contributed by atoms with van der Waals surface area (Å²) in [4.78, 5) is 11.7. The average Bonchev–Trinajstić information content (AvgIpc) is 3.22. The molecule has 0 saturated heterocycles. The maximum absolute atomic E-state index is 13.6. The molecule has 1 aliphatic rings. The summed E-state index contributed by atoms with van der Waals surface area (Å²) in [6.45, 7) is 3.67. The van der Waals surface area contributed by atoms with E-state index in [0.29, 0.717) is 11.5 Å². The number of aryl methyl sites for hydroxylation is 1. The minimum Gasteiger partial charge on any atom is -0.468 e. The summed E-state index contributed by atoms with van der Waals surface area (Å²) in [5.74, 6) is -0.0979. The Kier molecular flexibility index (Phi) is 4.20. The maximum Gasteiger partial charge on any atom is 0.323 e. The fraction of sp³-hybridized carbons (Fsp3) is 0.533. The van der Waals surface area contributed by atoms with E-state index in [1.54, 1.807) is 13.0 Å². The third kappa shape index (κ3) is 3.32. The Morgan fingerprint density at radius 2 is 2.16 bits per heavy atom. The number of carbonyl (C=O) groups excluding carboxylic acids is 1. The van der Waals surface area contributed by atoms with E-state index >= 15 is 0 Å². The second-order valence-corrected chi connectivity index (χ2v) is 5.24. The number of hydrogen-bond acceptors (Lipinski definition) is 3. The highest BCUT2D eigenvalue weighted by molar-refractivity contribution is 5.76. The van der Waals surface area contributed by atoms with Crippen LogP contribution in [0, 0.1) is 18.7 Å². The second kappa shape index (κ2) is 5.70. The van der Waals surface area contributed by atoms with E-state index in [2.05, 4.69) is 5.32 Å². The van der Waals surface area contributed by atoms with Crippen LogP contribution >= 0.6 is 0 Å². The number of hydrogen-bond donors (Lipinski definition) is 1. The van der Waals surface area contributed by atoms with Crippen molar-refractivity contribution in [2.45, 2.75) is 38.8 Å². The summed E-state index contributed by atoms with van der Waals surface area (Å²) in [7, 11) is 1.40. The molecule has 2 rings (SSSR count). The van der Waals surface area contributed by atoms with Crippen LogP contribution in [0.5, 0.6) is 0 Å². The van der Waals surface area contributed by atoms with Crippen LogP contribution in [-0.2, 0) is 9.53 Å². The standard InChI is InChI=1S/C15H20FNO2/c1-9-4-5-12(8-13(9)16)10(2)17-14(11-6-7-11)15(18)19-3/h4-5,8,10-11,14,17H,6-7H2,1-3H3. The van der Waals surface area contributed by atoms with E-state index in [1.807, 2.05) is 13.0 Å². The Morgan fingerprint density at radius 1 is 1.47 bits per heavy atom. The zero-order chi connectivity index (χ0) is 14.0. The van der Waals surface area contributed by atoms with E-state index in [4.69, 9.17) is 4.74 Å². The average molecular weight is 265 g/mol. The van der Waals surface area contributed by atoms with Gasteiger partial charge in [-0.05, 0) is 49.8 Å². The Bertz CT molecular complexity index is 471. The van der Waals surface area contributed by atoms with Gasteiger partial charge >= 0.3 is 5.97 Å². The van der Waals surface area contributed by atoms with Gasteiger partial charge in [0.2, 0.25) is 0 Å². The number of nitrogens with one attached hydrogen (secondary N) is 1. The maximum atomic E-state index is 13.6. The van der Waals surface area contributed by atoms with Crippen LogP contribution in [0.1, 0.15) is 36.9 Å². The molecule has 104 valence electrons. The van der Waals surface area contributed by atoms with Gasteiger partial charge in [0.05, 0.1) is 7.11 Å². The fourth-order valence-corrected chi connectivity index (χ4v) is 2.20. The van der Waals surface area contributed by atoms with Gasteiger partial charge in [0, 0.05) is 6.04 Å². The van der Waals surface area contributed by atoms with Gasteiger partial charge in [-0.25, -0.2) is 4.39 Å². The van der Waals surface area contributed by atoms with Crippen molar-refractivity contribution in [2.24, 2.45) is 5.92 Å². The summed E-state index contributed by atoms with van der Waals surface area (Å²) in [5, 5.41) is 3.25. The molecule has 0 aromatic heterocycles. The molecule has 0 radical (unpaired) electrons. The number of halogens is 1. The van der Waals surface area contributed by atoms with Crippen molar-refractivity contribution in [3.8, 4) is 0 Å². The molecule has 1 N–H and O–H groups in total. The first-order valence-corrected chi connectivity index (χ1v) is 6.63. The van der Waals surface area contributed by atoms with Crippen molar-refractivity contribution in [3.05, 3.63) is 35.1 Å². The number of carbonyl (C=O) groups is 1. The number of methoxy groups -OCH3 is 1. The van der Waals surface area contributed by atoms with E-state index in [-0.39, 0.29) is 23.9 Å². The zero-order valence-corrected chi connectivity index (χ0v) is 11.6. The van der Waals surface area contributed by atoms with Gasteiger partial charge in [-0.3, -0.25) is 10.1 Å². The van der Waals surface area contributed by atoms with Crippen LogP contribution in [0.2, 0.25) is 0 Å². The number of rotatable bonds is 5. The fourth-order valence-electron chi connectivity index (χ4n) is 2.20. The predicted octanol–water partition coefficient (Wildman–Crippen LogP) is 2.74. The molecule has 1 aromatic rings. The lowest BCUT2D eigenvalue weighted by Crippen LogP contribution is -2.40. The quantitative estimate of drug-likeness (QED) is 0.832. The van der Waals surface area contributed by atoms with Gasteiger partial charge < -0.3 is 4.74 Å². The highest BCUT2D eigenvalue weighted by Crippen LogP contribution is 2.34. The van der Waals surface area contributed by atoms with E-state index in [1.165, 1.54) is 13.2 Å². The molecule has 2 atom stereocenters. The first-order valence-electron chi connectivity index (χ1n) is 6.63. The third-order valence-corrected chi connectivity index (χ3v) is 3.67. The molecule has 0 bridgehead atoms. The minimum atomic E-state index is -0.288. The van der Waals surface area contributed by atoms with Crippen LogP contribution in [-0.4, -0.2) is 19.1 Å². The van der Waals surface area contributed by atoms with Crippen molar-refractivity contribution < 1.29 is 13.9 Å². The highest BCUT2D eigenvalue weighted by atomic mass is 19.1. The first kappa shape index (κ1) is 14.0. The third-order valence-electron chi connectivity index (χ3n) is 3.67. The molecule has 1 saturated carbocycles. The highest BCUT2D eigenvalue weighted by Gasteiger charge is 2.37. The summed E-state index contributed by atoms with van der Waals surface area (Å²) >= 11 is 0. The number of esters is 1. The summed E-state index contributed by atoms with van der Waals surface area (Å²) in [6, 6.07) is 4.79. The van der Waals surface area contributed by atoms with Gasteiger partial charge in [0.25, 0.3) is 0 Å². The van der Waals surface area contributed by atoms with Gasteiger partial charge in [0.1, 0.15) is 11.9 Å². The van der Waals surface area contributed by atoms with Gasteiger partial charge in [-0.2, -0.15) is 0 Å². The van der Waals surface area contributed by atoms with Crippen molar-refractivity contribution in [1.29, 1.82) is 0 Å². The Hall–Kier alpha value is -1.42. The molecule has 0 spiro atoms. The molecule has 1 aromatic carbocycles. The summed E-state index contributed by atoms with van der Waals surface area (Å²) in [5.41, 5.74) is 1.47. The van der Waals surface area contributed by atoms with Gasteiger partial charge in [0.15, 0.2) is 0 Å². The Balaban J connectivity index is 2.07. The molecule has 2 unspecified atom stereocenters. The molecule has 1 aliphatic carbocycles. The molecule has 0 amide bonds. The lowest BCUT2D eigenvalue weighted by atomic mass is 10.0. The second-order valence-electron chi connectivity index (χ2n) is 5.24. The molecule has 0 aliphatic heterocycles. The van der Waals surface area contributed by atoms with Crippen LogP contribution in [0.25, 0.3) is 0 Å². The summed E-state index contributed by atoms with van der Waals surface area (Å²) in [6.07, 6.45) is 2.09. The largest absolute Gasteiger partial charge is 0.468 e. The lowest BCUT2D eigenvalue weighted by molar-refractivity contribution is -0.144. The zero-order valence-electron chi connectivity index (χ0n) is 11.6. The molecule has 3 nitrogen and oxygen atoms in total. The van der Waals surface area contributed by atoms with Crippen LogP contribution < -0.4 is 5.32 Å². The molecule has 4 heteroatoms. The van der Waals surface area contributed by atoms with Crippen LogP contribution in [0.15, 0.2) is 18.2 Å². The molecule has 0 heterocycles. The van der Waals surface area contributed by atoms with Crippen molar-refractivity contribution in [3.63, 3.8) is 0 Å². The van der Waals surface area contributed by atoms with Crippen molar-refractivity contribution >= 4 is 5.97 Å².